The van der Waals surface area contributed by atoms with E-state index >= 15 is 0 Å². The van der Waals surface area contributed by atoms with Crippen LogP contribution in [0.4, 0.5) is 11.4 Å². The van der Waals surface area contributed by atoms with E-state index in [-0.39, 0.29) is 0 Å². The van der Waals surface area contributed by atoms with Crippen LogP contribution >= 0.6 is 11.6 Å². The van der Waals surface area contributed by atoms with E-state index < -0.39 is 0 Å². The number of benzene rings is 1. The van der Waals surface area contributed by atoms with Crippen molar-refractivity contribution in [3.8, 4) is 0 Å². The molecule has 2 unspecified atom stereocenters. The third kappa shape index (κ3) is 2.43. The lowest BCUT2D eigenvalue weighted by Gasteiger charge is -2.30. The Labute approximate surface area is 102 Å². The first-order valence-electron chi connectivity index (χ1n) is 5.82. The third-order valence-electron chi connectivity index (χ3n) is 3.26. The number of hydrogen-bond acceptors (Lipinski definition) is 2. The number of nitrogens with two attached hydrogens (primary N) is 1. The lowest BCUT2D eigenvalue weighted by molar-refractivity contribution is 0.429. The molecule has 16 heavy (non-hydrogen) atoms. The van der Waals surface area contributed by atoms with E-state index in [9.17, 15) is 0 Å². The summed E-state index contributed by atoms with van der Waals surface area (Å²) < 4.78 is 0. The minimum Gasteiger partial charge on any atom is -0.397 e. The van der Waals surface area contributed by atoms with E-state index in [1.165, 1.54) is 19.3 Å². The maximum absolute atomic E-state index is 6.16. The van der Waals surface area contributed by atoms with Crippen LogP contribution in [0.2, 0.25) is 5.02 Å². The van der Waals surface area contributed by atoms with Crippen LogP contribution in [0.5, 0.6) is 0 Å². The van der Waals surface area contributed by atoms with Gasteiger partial charge in [-0.2, -0.15) is 0 Å². The molecule has 2 nitrogen and oxygen atoms in total. The summed E-state index contributed by atoms with van der Waals surface area (Å²) in [5.41, 5.74) is 7.37. The Morgan fingerprint density at radius 1 is 1.44 bits per heavy atom. The average molecular weight is 238 g/mol. The average Bonchev–Trinajstić information content (AvgIpc) is 2.28. The summed E-state index contributed by atoms with van der Waals surface area (Å²) >= 11 is 6.16. The van der Waals surface area contributed by atoms with E-state index in [4.69, 9.17) is 17.3 Å². The third-order valence-corrected chi connectivity index (χ3v) is 3.68. The molecular formula is C13H18ClN2. The first kappa shape index (κ1) is 11.6. The van der Waals surface area contributed by atoms with Gasteiger partial charge >= 0.3 is 0 Å². The Kier molecular flexibility index (Phi) is 3.59. The Bertz CT molecular complexity index is 365. The standard InChI is InChI=1S/C13H18ClN2/c1-9-5-2-3-7-11(9)16-12-8-4-6-10(15)13(12)14/h4-6,8-9,11,16H,2-3,7,15H2,1H3. The lowest BCUT2D eigenvalue weighted by atomic mass is 9.86. The molecule has 3 heteroatoms. The zero-order chi connectivity index (χ0) is 11.5. The first-order valence-corrected chi connectivity index (χ1v) is 6.20. The molecule has 1 radical (unpaired) electrons. The zero-order valence-electron chi connectivity index (χ0n) is 9.54. The van der Waals surface area contributed by atoms with E-state index in [0.29, 0.717) is 22.7 Å². The molecule has 0 bridgehead atoms. The number of nitrogen functional groups attached to an aromatic ring is 1. The summed E-state index contributed by atoms with van der Waals surface area (Å²) in [5, 5.41) is 4.14. The number of halogens is 1. The van der Waals surface area contributed by atoms with Crippen LogP contribution in [0.1, 0.15) is 26.2 Å². The minimum absolute atomic E-state index is 0.480. The summed E-state index contributed by atoms with van der Waals surface area (Å²) in [6, 6.07) is 6.22. The molecule has 0 aromatic heterocycles. The van der Waals surface area contributed by atoms with Gasteiger partial charge in [-0.15, -0.1) is 0 Å². The fourth-order valence-electron chi connectivity index (χ4n) is 2.21. The largest absolute Gasteiger partial charge is 0.397 e. The summed E-state index contributed by atoms with van der Waals surface area (Å²) in [6.07, 6.45) is 6.05. The second kappa shape index (κ2) is 4.96. The summed E-state index contributed by atoms with van der Waals surface area (Å²) in [6.45, 7) is 2.25. The van der Waals surface area contributed by atoms with Crippen molar-refractivity contribution in [3.05, 3.63) is 29.6 Å². The van der Waals surface area contributed by atoms with Crippen molar-refractivity contribution in [1.82, 2.24) is 0 Å². The molecule has 2 rings (SSSR count). The minimum atomic E-state index is 0.480. The molecule has 0 spiro atoms. The molecule has 3 N–H and O–H groups in total. The highest BCUT2D eigenvalue weighted by atomic mass is 35.5. The number of rotatable bonds is 2. The van der Waals surface area contributed by atoms with Crippen LogP contribution in [-0.4, -0.2) is 6.04 Å². The Morgan fingerprint density at radius 3 is 3.00 bits per heavy atom. The second-order valence-electron chi connectivity index (χ2n) is 4.49. The molecule has 87 valence electrons. The maximum atomic E-state index is 6.16. The van der Waals surface area contributed by atoms with Crippen molar-refractivity contribution in [2.75, 3.05) is 11.1 Å². The van der Waals surface area contributed by atoms with Crippen LogP contribution in [0.3, 0.4) is 0 Å². The smallest absolute Gasteiger partial charge is 0.0866 e. The van der Waals surface area contributed by atoms with Gasteiger partial charge in [0.25, 0.3) is 0 Å². The van der Waals surface area contributed by atoms with Crippen LogP contribution in [0.15, 0.2) is 18.2 Å². The molecule has 1 aliphatic carbocycles. The predicted octanol–water partition coefficient (Wildman–Crippen LogP) is 3.73. The molecule has 1 aromatic rings. The highest BCUT2D eigenvalue weighted by Gasteiger charge is 2.21. The van der Waals surface area contributed by atoms with Crippen molar-refractivity contribution < 1.29 is 0 Å². The van der Waals surface area contributed by atoms with Gasteiger partial charge in [0.2, 0.25) is 0 Å². The molecule has 0 amide bonds. The maximum Gasteiger partial charge on any atom is 0.0866 e. The van der Waals surface area contributed by atoms with Gasteiger partial charge in [-0.05, 0) is 37.3 Å². The summed E-state index contributed by atoms with van der Waals surface area (Å²) in [4.78, 5) is 0. The molecular weight excluding hydrogens is 220 g/mol. The Morgan fingerprint density at radius 2 is 2.25 bits per heavy atom. The molecule has 0 saturated heterocycles. The van der Waals surface area contributed by atoms with E-state index in [1.807, 2.05) is 18.2 Å². The molecule has 1 fully saturated rings. The van der Waals surface area contributed by atoms with Gasteiger partial charge in [-0.3, -0.25) is 0 Å². The fraction of sp³-hybridized carbons (Fsp3) is 0.462. The summed E-state index contributed by atoms with van der Waals surface area (Å²) in [5.74, 6) is 0.589. The van der Waals surface area contributed by atoms with Crippen LogP contribution in [0.25, 0.3) is 0 Å². The van der Waals surface area contributed by atoms with E-state index in [1.54, 1.807) is 0 Å². The summed E-state index contributed by atoms with van der Waals surface area (Å²) in [7, 11) is 0. The van der Waals surface area contributed by atoms with Crippen molar-refractivity contribution >= 4 is 23.0 Å². The fourth-order valence-corrected chi connectivity index (χ4v) is 2.39. The van der Waals surface area contributed by atoms with Crippen molar-refractivity contribution in [3.63, 3.8) is 0 Å². The van der Waals surface area contributed by atoms with Crippen LogP contribution in [0, 0.1) is 12.3 Å². The molecule has 1 aliphatic rings. The highest BCUT2D eigenvalue weighted by molar-refractivity contribution is 6.35. The molecule has 1 aromatic carbocycles. The van der Waals surface area contributed by atoms with Gasteiger partial charge in [0.05, 0.1) is 16.4 Å². The van der Waals surface area contributed by atoms with Gasteiger partial charge in [0.15, 0.2) is 0 Å². The zero-order valence-corrected chi connectivity index (χ0v) is 10.3. The van der Waals surface area contributed by atoms with Crippen molar-refractivity contribution in [2.45, 2.75) is 32.2 Å². The van der Waals surface area contributed by atoms with Gasteiger partial charge in [0.1, 0.15) is 0 Å². The Balaban J connectivity index is 2.10. The van der Waals surface area contributed by atoms with E-state index in [0.717, 1.165) is 5.69 Å². The van der Waals surface area contributed by atoms with Gasteiger partial charge in [-0.25, -0.2) is 0 Å². The van der Waals surface area contributed by atoms with Crippen LogP contribution in [-0.2, 0) is 0 Å². The predicted molar refractivity (Wildman–Crippen MR) is 70.6 cm³/mol. The van der Waals surface area contributed by atoms with Gasteiger partial charge in [0, 0.05) is 6.04 Å². The van der Waals surface area contributed by atoms with Gasteiger partial charge < -0.3 is 11.1 Å². The number of anilines is 2. The van der Waals surface area contributed by atoms with Gasteiger partial charge in [-0.1, -0.05) is 31.0 Å². The second-order valence-corrected chi connectivity index (χ2v) is 4.86. The normalized spacial score (nSPS) is 25.4. The quantitative estimate of drug-likeness (QED) is 0.770. The van der Waals surface area contributed by atoms with Crippen molar-refractivity contribution in [2.24, 2.45) is 5.92 Å². The lowest BCUT2D eigenvalue weighted by Crippen LogP contribution is -2.30. The highest BCUT2D eigenvalue weighted by Crippen LogP contribution is 2.32. The monoisotopic (exact) mass is 237 g/mol. The van der Waals surface area contributed by atoms with E-state index in [2.05, 4.69) is 18.7 Å². The molecule has 1 saturated carbocycles. The molecule has 0 aliphatic heterocycles. The SMILES string of the molecule is CC1[CH]CCCC1Nc1cccc(N)c1Cl. The Hall–Kier alpha value is -0.890. The van der Waals surface area contributed by atoms with Crippen molar-refractivity contribution in [1.29, 1.82) is 0 Å². The first-order chi connectivity index (χ1) is 7.68. The number of hydrogen-bond donors (Lipinski definition) is 2. The van der Waals surface area contributed by atoms with Crippen LogP contribution < -0.4 is 11.1 Å². The molecule has 0 heterocycles. The topological polar surface area (TPSA) is 38.0 Å². The molecule has 2 atom stereocenters. The number of nitrogens with one attached hydrogen (secondary N) is 1.